The number of rotatable bonds is 7. The van der Waals surface area contributed by atoms with E-state index in [2.05, 4.69) is 46.7 Å². The highest BCUT2D eigenvalue weighted by molar-refractivity contribution is 5.92. The number of ether oxygens (including phenoxy) is 1. The summed E-state index contributed by atoms with van der Waals surface area (Å²) in [7, 11) is 1.57. The van der Waals surface area contributed by atoms with Gasteiger partial charge in [0.1, 0.15) is 5.75 Å². The number of methoxy groups -OCH3 is 1. The Morgan fingerprint density at radius 3 is 2.59 bits per heavy atom. The van der Waals surface area contributed by atoms with Crippen LogP contribution in [0.2, 0.25) is 0 Å². The molecule has 0 bridgehead atoms. The van der Waals surface area contributed by atoms with Gasteiger partial charge in [0.2, 0.25) is 11.7 Å². The van der Waals surface area contributed by atoms with Crippen molar-refractivity contribution in [2.45, 2.75) is 32.7 Å². The highest BCUT2D eigenvalue weighted by atomic mass is 16.5. The Morgan fingerprint density at radius 1 is 1.15 bits per heavy atom. The van der Waals surface area contributed by atoms with Gasteiger partial charge < -0.3 is 10.1 Å². The fraction of sp³-hybridized carbons (Fsp3) is 0.300. The van der Waals surface area contributed by atoms with E-state index in [1.54, 1.807) is 19.2 Å². The molecule has 0 atom stereocenters. The lowest BCUT2D eigenvalue weighted by atomic mass is 10.0. The topological polar surface area (TPSA) is 81.9 Å². The summed E-state index contributed by atoms with van der Waals surface area (Å²) < 4.78 is 5.23. The molecule has 0 aliphatic heterocycles. The zero-order chi connectivity index (χ0) is 19.2. The van der Waals surface area contributed by atoms with E-state index >= 15 is 0 Å². The summed E-state index contributed by atoms with van der Waals surface area (Å²) in [5.74, 6) is 1.51. The van der Waals surface area contributed by atoms with Gasteiger partial charge in [-0.1, -0.05) is 50.2 Å². The summed E-state index contributed by atoms with van der Waals surface area (Å²) in [5.41, 5.74) is 2.81. The zero-order valence-electron chi connectivity index (χ0n) is 15.7. The monoisotopic (exact) mass is 365 g/mol. The van der Waals surface area contributed by atoms with Gasteiger partial charge in [0.25, 0.3) is 0 Å². The first-order valence-electron chi connectivity index (χ1n) is 8.88. The number of hydrogen-bond donors (Lipinski definition) is 1. The number of aryl methyl sites for hydroxylation is 1. The average Bonchev–Trinajstić information content (AvgIpc) is 3.16. The maximum atomic E-state index is 12.2. The van der Waals surface area contributed by atoms with Crippen LogP contribution in [0.5, 0.6) is 5.75 Å². The van der Waals surface area contributed by atoms with Crippen LogP contribution < -0.4 is 10.1 Å². The fourth-order valence-electron chi connectivity index (χ4n) is 2.63. The molecule has 0 radical (unpaired) electrons. The van der Waals surface area contributed by atoms with Gasteiger partial charge in [-0.3, -0.25) is 4.79 Å². The molecule has 0 aliphatic rings. The van der Waals surface area contributed by atoms with Gasteiger partial charge in [0.05, 0.1) is 19.3 Å². The molecule has 0 aliphatic carbocycles. The van der Waals surface area contributed by atoms with Crippen molar-refractivity contribution in [3.8, 4) is 17.1 Å². The van der Waals surface area contributed by atoms with Crippen LogP contribution >= 0.6 is 0 Å². The second kappa shape index (κ2) is 8.44. The van der Waals surface area contributed by atoms with Gasteiger partial charge in [0.15, 0.2) is 0 Å². The molecule has 0 saturated heterocycles. The standard InChI is InChI=1S/C20H23N5O2/c1-14(2)15-8-10-16(11-9-15)20-22-24-25(23-20)13-12-19(26)21-17-6-4-5-7-18(17)27-3/h4-11,14H,12-13H2,1-3H3,(H,21,26). The van der Waals surface area contributed by atoms with E-state index in [9.17, 15) is 4.79 Å². The quantitative estimate of drug-likeness (QED) is 0.693. The van der Waals surface area contributed by atoms with Crippen molar-refractivity contribution in [3.05, 3.63) is 54.1 Å². The number of tetrazole rings is 1. The van der Waals surface area contributed by atoms with Gasteiger partial charge in [-0.25, -0.2) is 0 Å². The average molecular weight is 365 g/mol. The van der Waals surface area contributed by atoms with Crippen molar-refractivity contribution in [1.29, 1.82) is 0 Å². The molecule has 0 spiro atoms. The van der Waals surface area contributed by atoms with E-state index in [1.165, 1.54) is 10.4 Å². The molecule has 27 heavy (non-hydrogen) atoms. The lowest BCUT2D eigenvalue weighted by molar-refractivity contribution is -0.116. The second-order valence-corrected chi connectivity index (χ2v) is 6.48. The summed E-state index contributed by atoms with van der Waals surface area (Å²) in [4.78, 5) is 13.6. The number of nitrogens with one attached hydrogen (secondary N) is 1. The van der Waals surface area contributed by atoms with Crippen molar-refractivity contribution in [3.63, 3.8) is 0 Å². The maximum Gasteiger partial charge on any atom is 0.226 e. The van der Waals surface area contributed by atoms with Crippen molar-refractivity contribution >= 4 is 11.6 Å². The first-order chi connectivity index (χ1) is 13.1. The Hall–Kier alpha value is -3.22. The molecular weight excluding hydrogens is 342 g/mol. The summed E-state index contributed by atoms with van der Waals surface area (Å²) in [6.45, 7) is 4.65. The van der Waals surface area contributed by atoms with Crippen LogP contribution in [-0.4, -0.2) is 33.2 Å². The number of hydrogen-bond acceptors (Lipinski definition) is 5. The lowest BCUT2D eigenvalue weighted by Crippen LogP contribution is -2.16. The SMILES string of the molecule is COc1ccccc1NC(=O)CCn1nnc(-c2ccc(C(C)C)cc2)n1. The summed E-state index contributed by atoms with van der Waals surface area (Å²) >= 11 is 0. The van der Waals surface area contributed by atoms with E-state index < -0.39 is 0 Å². The zero-order valence-corrected chi connectivity index (χ0v) is 15.7. The number of carbonyl (C=O) groups excluding carboxylic acids is 1. The molecule has 140 valence electrons. The van der Waals surface area contributed by atoms with Gasteiger partial charge in [-0.15, -0.1) is 10.2 Å². The first kappa shape index (κ1) is 18.6. The number of anilines is 1. The minimum absolute atomic E-state index is 0.139. The number of amides is 1. The van der Waals surface area contributed by atoms with Crippen LogP contribution in [0.4, 0.5) is 5.69 Å². The highest BCUT2D eigenvalue weighted by Gasteiger charge is 2.10. The Balaban J connectivity index is 1.58. The number of carbonyl (C=O) groups is 1. The minimum Gasteiger partial charge on any atom is -0.495 e. The predicted octanol–water partition coefficient (Wildman–Crippen LogP) is 3.50. The van der Waals surface area contributed by atoms with Gasteiger partial charge in [-0.2, -0.15) is 4.80 Å². The first-order valence-corrected chi connectivity index (χ1v) is 8.88. The number of aromatic nitrogens is 4. The smallest absolute Gasteiger partial charge is 0.226 e. The molecule has 1 N–H and O–H groups in total. The van der Waals surface area contributed by atoms with Crippen molar-refractivity contribution in [2.75, 3.05) is 12.4 Å². The molecular formula is C20H23N5O2. The Morgan fingerprint density at radius 2 is 1.89 bits per heavy atom. The Labute approximate surface area is 158 Å². The van der Waals surface area contributed by atoms with Crippen LogP contribution in [0.25, 0.3) is 11.4 Å². The van der Waals surface area contributed by atoms with Crippen LogP contribution in [-0.2, 0) is 11.3 Å². The van der Waals surface area contributed by atoms with Crippen LogP contribution in [0, 0.1) is 0 Å². The van der Waals surface area contributed by atoms with E-state index in [1.807, 2.05) is 24.3 Å². The second-order valence-electron chi connectivity index (χ2n) is 6.48. The van der Waals surface area contributed by atoms with E-state index in [0.717, 1.165) is 5.56 Å². The van der Waals surface area contributed by atoms with E-state index in [-0.39, 0.29) is 12.3 Å². The maximum absolute atomic E-state index is 12.2. The number of benzene rings is 2. The lowest BCUT2D eigenvalue weighted by Gasteiger charge is -2.09. The van der Waals surface area contributed by atoms with Crippen LogP contribution in [0.3, 0.4) is 0 Å². The van der Waals surface area contributed by atoms with Gasteiger partial charge >= 0.3 is 0 Å². The molecule has 3 aromatic rings. The summed E-state index contributed by atoms with van der Waals surface area (Å²) in [6.07, 6.45) is 0.236. The molecule has 1 aromatic heterocycles. The summed E-state index contributed by atoms with van der Waals surface area (Å²) in [5, 5.41) is 15.3. The Bertz CT molecular complexity index is 903. The molecule has 0 fully saturated rings. The van der Waals surface area contributed by atoms with Crippen molar-refractivity contribution in [1.82, 2.24) is 20.2 Å². The molecule has 0 saturated carbocycles. The molecule has 1 heterocycles. The fourth-order valence-corrected chi connectivity index (χ4v) is 2.63. The van der Waals surface area contributed by atoms with Gasteiger partial charge in [-0.05, 0) is 28.8 Å². The van der Waals surface area contributed by atoms with Gasteiger partial charge in [0, 0.05) is 12.0 Å². The summed E-state index contributed by atoms with van der Waals surface area (Å²) in [6, 6.07) is 15.4. The molecule has 7 nitrogen and oxygen atoms in total. The normalized spacial score (nSPS) is 10.8. The molecule has 7 heteroatoms. The third kappa shape index (κ3) is 4.69. The number of nitrogens with zero attached hydrogens (tertiary/aromatic N) is 4. The van der Waals surface area contributed by atoms with E-state index in [0.29, 0.717) is 29.7 Å². The Kier molecular flexibility index (Phi) is 5.80. The van der Waals surface area contributed by atoms with Crippen LogP contribution in [0.1, 0.15) is 31.7 Å². The predicted molar refractivity (Wildman–Crippen MR) is 104 cm³/mol. The minimum atomic E-state index is -0.139. The third-order valence-corrected chi connectivity index (χ3v) is 4.21. The third-order valence-electron chi connectivity index (χ3n) is 4.21. The van der Waals surface area contributed by atoms with Crippen LogP contribution in [0.15, 0.2) is 48.5 Å². The molecule has 3 rings (SSSR count). The van der Waals surface area contributed by atoms with Crippen molar-refractivity contribution < 1.29 is 9.53 Å². The largest absolute Gasteiger partial charge is 0.495 e. The number of para-hydroxylation sites is 2. The molecule has 2 aromatic carbocycles. The van der Waals surface area contributed by atoms with Crippen molar-refractivity contribution in [2.24, 2.45) is 0 Å². The van der Waals surface area contributed by atoms with E-state index in [4.69, 9.17) is 4.74 Å². The molecule has 0 unspecified atom stereocenters. The molecule has 1 amide bonds. The highest BCUT2D eigenvalue weighted by Crippen LogP contribution is 2.23.